The Labute approximate surface area is 152 Å². The molecule has 0 atom stereocenters. The molecule has 1 aromatic heterocycles. The number of aromatic nitrogens is 2. The first-order valence-electron chi connectivity index (χ1n) is 8.86. The van der Waals surface area contributed by atoms with Crippen LogP contribution in [0.5, 0.6) is 0 Å². The lowest BCUT2D eigenvalue weighted by Crippen LogP contribution is -2.49. The Morgan fingerprint density at radius 1 is 1.00 bits per heavy atom. The molecule has 0 unspecified atom stereocenters. The van der Waals surface area contributed by atoms with Gasteiger partial charge in [0.1, 0.15) is 0 Å². The highest BCUT2D eigenvalue weighted by molar-refractivity contribution is 6.33. The number of rotatable bonds is 2. The number of carbonyl (C=O) groups is 1. The van der Waals surface area contributed by atoms with E-state index in [0.29, 0.717) is 18.8 Å². The minimum atomic E-state index is -0.0142. The van der Waals surface area contributed by atoms with Crippen molar-refractivity contribution >= 4 is 23.2 Å². The summed E-state index contributed by atoms with van der Waals surface area (Å²) in [5.74, 6) is -0.0142. The molecule has 1 fully saturated rings. The molecule has 6 heteroatoms. The van der Waals surface area contributed by atoms with Crippen LogP contribution in [0.4, 0.5) is 5.69 Å². The quantitative estimate of drug-likeness (QED) is 0.830. The second-order valence-electron chi connectivity index (χ2n) is 6.64. The lowest BCUT2D eigenvalue weighted by atomic mass is 9.96. The number of nitrogens with zero attached hydrogens (tertiary/aromatic N) is 4. The molecule has 4 rings (SSSR count). The standard InChI is InChI=1S/C19H21ClN4O/c20-15-6-2-4-8-18(15)23-9-11-24(12-10-23)19(25)17-13-14-5-1-3-7-16(14)21-22-17/h2,4,6,8,13H,1,3,5,7,9-12H2. The summed E-state index contributed by atoms with van der Waals surface area (Å²) in [6.45, 7) is 2.88. The van der Waals surface area contributed by atoms with Crippen molar-refractivity contribution in [3.05, 3.63) is 52.3 Å². The number of piperazine rings is 1. The summed E-state index contributed by atoms with van der Waals surface area (Å²) in [7, 11) is 0. The molecule has 0 bridgehead atoms. The van der Waals surface area contributed by atoms with Gasteiger partial charge in [-0.05, 0) is 49.4 Å². The largest absolute Gasteiger partial charge is 0.367 e. The van der Waals surface area contributed by atoms with E-state index in [4.69, 9.17) is 11.6 Å². The van der Waals surface area contributed by atoms with Crippen molar-refractivity contribution in [3.8, 4) is 0 Å². The summed E-state index contributed by atoms with van der Waals surface area (Å²) in [6.07, 6.45) is 4.32. The summed E-state index contributed by atoms with van der Waals surface area (Å²) >= 11 is 6.28. The van der Waals surface area contributed by atoms with Crippen molar-refractivity contribution in [3.63, 3.8) is 0 Å². The fraction of sp³-hybridized carbons (Fsp3) is 0.421. The van der Waals surface area contributed by atoms with E-state index < -0.39 is 0 Å². The third kappa shape index (κ3) is 3.33. The average Bonchev–Trinajstić information content (AvgIpc) is 2.67. The third-order valence-corrected chi connectivity index (χ3v) is 5.37. The van der Waals surface area contributed by atoms with Crippen LogP contribution >= 0.6 is 11.6 Å². The van der Waals surface area contributed by atoms with E-state index >= 15 is 0 Å². The van der Waals surface area contributed by atoms with E-state index in [9.17, 15) is 4.79 Å². The zero-order valence-corrected chi connectivity index (χ0v) is 14.9. The molecule has 130 valence electrons. The minimum absolute atomic E-state index is 0.0142. The summed E-state index contributed by atoms with van der Waals surface area (Å²) < 4.78 is 0. The monoisotopic (exact) mass is 356 g/mol. The fourth-order valence-corrected chi connectivity index (χ4v) is 3.87. The van der Waals surface area contributed by atoms with Gasteiger partial charge in [-0.2, -0.15) is 5.10 Å². The molecule has 5 nitrogen and oxygen atoms in total. The summed E-state index contributed by atoms with van der Waals surface area (Å²) in [5, 5.41) is 9.22. The summed E-state index contributed by atoms with van der Waals surface area (Å²) in [4.78, 5) is 16.9. The molecule has 1 aromatic carbocycles. The Morgan fingerprint density at radius 2 is 1.76 bits per heavy atom. The molecule has 1 aliphatic carbocycles. The third-order valence-electron chi connectivity index (χ3n) is 5.05. The van der Waals surface area contributed by atoms with Gasteiger partial charge in [-0.3, -0.25) is 4.79 Å². The molecule has 2 aromatic rings. The maximum Gasteiger partial charge on any atom is 0.274 e. The SMILES string of the molecule is O=C(c1cc2c(nn1)CCCC2)N1CCN(c2ccccc2Cl)CC1. The second-order valence-corrected chi connectivity index (χ2v) is 7.05. The van der Waals surface area contributed by atoms with E-state index in [1.807, 2.05) is 35.2 Å². The van der Waals surface area contributed by atoms with E-state index in [1.54, 1.807) is 0 Å². The van der Waals surface area contributed by atoms with Gasteiger partial charge < -0.3 is 9.80 Å². The van der Waals surface area contributed by atoms with Crippen molar-refractivity contribution in [2.75, 3.05) is 31.1 Å². The van der Waals surface area contributed by atoms with Crippen molar-refractivity contribution in [2.24, 2.45) is 0 Å². The van der Waals surface area contributed by atoms with Crippen molar-refractivity contribution in [1.82, 2.24) is 15.1 Å². The average molecular weight is 357 g/mol. The molecule has 0 spiro atoms. The molecule has 2 heterocycles. The highest BCUT2D eigenvalue weighted by Crippen LogP contribution is 2.26. The highest BCUT2D eigenvalue weighted by atomic mass is 35.5. The molecule has 0 N–H and O–H groups in total. The van der Waals surface area contributed by atoms with Crippen LogP contribution in [-0.2, 0) is 12.8 Å². The molecule has 0 saturated carbocycles. The van der Waals surface area contributed by atoms with Crippen LogP contribution in [-0.4, -0.2) is 47.2 Å². The number of carbonyl (C=O) groups excluding carboxylic acids is 1. The number of benzene rings is 1. The van der Waals surface area contributed by atoms with E-state index in [0.717, 1.165) is 42.3 Å². The predicted molar refractivity (Wildman–Crippen MR) is 98.2 cm³/mol. The maximum absolute atomic E-state index is 12.8. The lowest BCUT2D eigenvalue weighted by Gasteiger charge is -2.36. The van der Waals surface area contributed by atoms with Gasteiger partial charge in [-0.15, -0.1) is 5.10 Å². The van der Waals surface area contributed by atoms with Crippen LogP contribution in [0.1, 0.15) is 34.6 Å². The normalized spacial score (nSPS) is 17.3. The van der Waals surface area contributed by atoms with Gasteiger partial charge in [-0.1, -0.05) is 23.7 Å². The van der Waals surface area contributed by atoms with Crippen LogP contribution in [0, 0.1) is 0 Å². The first kappa shape index (κ1) is 16.3. The van der Waals surface area contributed by atoms with E-state index in [1.165, 1.54) is 18.4 Å². The van der Waals surface area contributed by atoms with Crippen LogP contribution in [0.15, 0.2) is 30.3 Å². The van der Waals surface area contributed by atoms with Gasteiger partial charge in [0, 0.05) is 26.2 Å². The zero-order valence-electron chi connectivity index (χ0n) is 14.1. The Balaban J connectivity index is 1.44. The first-order chi connectivity index (χ1) is 12.2. The molecule has 1 saturated heterocycles. The van der Waals surface area contributed by atoms with Gasteiger partial charge >= 0.3 is 0 Å². The van der Waals surface area contributed by atoms with Crippen LogP contribution in [0.25, 0.3) is 0 Å². The summed E-state index contributed by atoms with van der Waals surface area (Å²) in [5.41, 5.74) is 3.77. The maximum atomic E-state index is 12.8. The summed E-state index contributed by atoms with van der Waals surface area (Å²) in [6, 6.07) is 9.79. The van der Waals surface area contributed by atoms with Crippen molar-refractivity contribution in [1.29, 1.82) is 0 Å². The zero-order chi connectivity index (χ0) is 17.2. The number of fused-ring (bicyclic) bond motifs is 1. The number of halogens is 1. The number of aryl methyl sites for hydroxylation is 2. The van der Waals surface area contributed by atoms with Gasteiger partial charge in [0.05, 0.1) is 16.4 Å². The number of amides is 1. The van der Waals surface area contributed by atoms with E-state index in [2.05, 4.69) is 15.1 Å². The predicted octanol–water partition coefficient (Wildman–Crippen LogP) is 2.97. The minimum Gasteiger partial charge on any atom is -0.367 e. The Kier molecular flexibility index (Phi) is 4.57. The van der Waals surface area contributed by atoms with E-state index in [-0.39, 0.29) is 5.91 Å². The number of para-hydroxylation sites is 1. The molecule has 1 amide bonds. The molecule has 0 radical (unpaired) electrons. The number of hydrogen-bond acceptors (Lipinski definition) is 4. The van der Waals surface area contributed by atoms with Crippen LogP contribution in [0.3, 0.4) is 0 Å². The Hall–Kier alpha value is -2.14. The fourth-order valence-electron chi connectivity index (χ4n) is 3.62. The molecule has 1 aliphatic heterocycles. The van der Waals surface area contributed by atoms with Gasteiger partial charge in [0.15, 0.2) is 5.69 Å². The number of hydrogen-bond donors (Lipinski definition) is 0. The van der Waals surface area contributed by atoms with Gasteiger partial charge in [0.2, 0.25) is 0 Å². The smallest absolute Gasteiger partial charge is 0.274 e. The van der Waals surface area contributed by atoms with Gasteiger partial charge in [-0.25, -0.2) is 0 Å². The Morgan fingerprint density at radius 3 is 2.56 bits per heavy atom. The first-order valence-corrected chi connectivity index (χ1v) is 9.24. The van der Waals surface area contributed by atoms with Crippen LogP contribution < -0.4 is 4.90 Å². The van der Waals surface area contributed by atoms with Gasteiger partial charge in [0.25, 0.3) is 5.91 Å². The van der Waals surface area contributed by atoms with Crippen molar-refractivity contribution in [2.45, 2.75) is 25.7 Å². The molecular weight excluding hydrogens is 336 g/mol. The highest BCUT2D eigenvalue weighted by Gasteiger charge is 2.25. The molecule has 2 aliphatic rings. The molecule has 25 heavy (non-hydrogen) atoms. The second kappa shape index (κ2) is 7.00. The topological polar surface area (TPSA) is 49.3 Å². The molecular formula is C19H21ClN4O. The number of anilines is 1. The van der Waals surface area contributed by atoms with Crippen molar-refractivity contribution < 1.29 is 4.79 Å². The lowest BCUT2D eigenvalue weighted by molar-refractivity contribution is 0.0739. The van der Waals surface area contributed by atoms with Crippen LogP contribution in [0.2, 0.25) is 5.02 Å². The Bertz CT molecular complexity index is 787.